The van der Waals surface area contributed by atoms with Gasteiger partial charge in [-0.3, -0.25) is 4.79 Å². The van der Waals surface area contributed by atoms with Crippen LogP contribution < -0.4 is 0 Å². The van der Waals surface area contributed by atoms with E-state index in [-0.39, 0.29) is 11.1 Å². The third kappa shape index (κ3) is 3.01. The number of carbonyl (C=O) groups is 1. The molecule has 18 heavy (non-hydrogen) atoms. The van der Waals surface area contributed by atoms with Crippen LogP contribution in [-0.4, -0.2) is 24.4 Å². The number of rotatable bonds is 4. The van der Waals surface area contributed by atoms with E-state index in [1.165, 1.54) is 31.2 Å². The van der Waals surface area contributed by atoms with Crippen molar-refractivity contribution < 1.29 is 27.8 Å². The first-order valence-corrected chi connectivity index (χ1v) is 5.20. The zero-order valence-corrected chi connectivity index (χ0v) is 9.86. The number of hydrogen-bond donors (Lipinski definition) is 1. The quantitative estimate of drug-likeness (QED) is 0.906. The number of ether oxygens (including phenoxy) is 1. The summed E-state index contributed by atoms with van der Waals surface area (Å²) in [5.41, 5.74) is -0.0587. The summed E-state index contributed by atoms with van der Waals surface area (Å²) in [6, 6.07) is 5.52. The molecular formula is C12H13F3O3. The lowest BCUT2D eigenvalue weighted by Gasteiger charge is -2.23. The molecule has 3 nitrogen and oxygen atoms in total. The molecule has 0 aliphatic heterocycles. The molecule has 2 unspecified atom stereocenters. The Morgan fingerprint density at radius 2 is 1.78 bits per heavy atom. The lowest BCUT2D eigenvalue weighted by Crippen LogP contribution is -2.24. The zero-order chi connectivity index (χ0) is 13.9. The van der Waals surface area contributed by atoms with Crippen LogP contribution in [0.5, 0.6) is 0 Å². The Morgan fingerprint density at radius 1 is 1.28 bits per heavy atom. The van der Waals surface area contributed by atoms with Crippen LogP contribution in [0.25, 0.3) is 0 Å². The standard InChI is InChI=1S/C12H13F3O3/c1-7(11(16)17)8-5-3-4-6-9(8)10(18-2)12(13,14)15/h3-7,10H,1-2H3,(H,16,17). The fourth-order valence-electron chi connectivity index (χ4n) is 1.71. The highest BCUT2D eigenvalue weighted by atomic mass is 19.4. The maximum absolute atomic E-state index is 12.8. The Bertz CT molecular complexity index is 429. The van der Waals surface area contributed by atoms with Gasteiger partial charge in [-0.1, -0.05) is 24.3 Å². The lowest BCUT2D eigenvalue weighted by atomic mass is 9.92. The summed E-state index contributed by atoms with van der Waals surface area (Å²) in [4.78, 5) is 10.9. The third-order valence-electron chi connectivity index (χ3n) is 2.65. The lowest BCUT2D eigenvalue weighted by molar-refractivity contribution is -0.216. The van der Waals surface area contributed by atoms with Gasteiger partial charge in [0.2, 0.25) is 0 Å². The minimum atomic E-state index is -4.58. The van der Waals surface area contributed by atoms with Gasteiger partial charge in [0, 0.05) is 7.11 Å². The monoisotopic (exact) mass is 262 g/mol. The molecule has 1 aromatic carbocycles. The van der Waals surface area contributed by atoms with E-state index in [1.807, 2.05) is 0 Å². The van der Waals surface area contributed by atoms with Gasteiger partial charge >= 0.3 is 12.1 Å². The predicted octanol–water partition coefficient (Wildman–Crippen LogP) is 3.12. The summed E-state index contributed by atoms with van der Waals surface area (Å²) < 4.78 is 42.8. The Labute approximate surface area is 102 Å². The maximum Gasteiger partial charge on any atom is 0.418 e. The number of hydrogen-bond acceptors (Lipinski definition) is 2. The molecule has 0 heterocycles. The van der Waals surface area contributed by atoms with Crippen molar-refractivity contribution >= 4 is 5.97 Å². The predicted molar refractivity (Wildman–Crippen MR) is 58.3 cm³/mol. The van der Waals surface area contributed by atoms with Gasteiger partial charge in [-0.05, 0) is 18.1 Å². The van der Waals surface area contributed by atoms with Crippen molar-refractivity contribution in [2.24, 2.45) is 0 Å². The van der Waals surface area contributed by atoms with Gasteiger partial charge in [0.1, 0.15) is 0 Å². The molecule has 100 valence electrons. The van der Waals surface area contributed by atoms with Crippen molar-refractivity contribution in [3.8, 4) is 0 Å². The fourth-order valence-corrected chi connectivity index (χ4v) is 1.71. The summed E-state index contributed by atoms with van der Waals surface area (Å²) in [6.45, 7) is 1.34. The van der Waals surface area contributed by atoms with E-state index >= 15 is 0 Å². The van der Waals surface area contributed by atoms with Crippen LogP contribution >= 0.6 is 0 Å². The molecule has 0 amide bonds. The van der Waals surface area contributed by atoms with Crippen molar-refractivity contribution in [1.82, 2.24) is 0 Å². The van der Waals surface area contributed by atoms with E-state index in [4.69, 9.17) is 5.11 Å². The second kappa shape index (κ2) is 5.39. The Balaban J connectivity index is 3.27. The molecule has 0 aliphatic rings. The van der Waals surface area contributed by atoms with Crippen molar-refractivity contribution in [2.75, 3.05) is 7.11 Å². The first kappa shape index (κ1) is 14.5. The van der Waals surface area contributed by atoms with E-state index < -0.39 is 24.2 Å². The number of aliphatic carboxylic acids is 1. The highest BCUT2D eigenvalue weighted by Gasteiger charge is 2.42. The van der Waals surface area contributed by atoms with Gasteiger partial charge in [-0.15, -0.1) is 0 Å². The Hall–Kier alpha value is -1.56. The van der Waals surface area contributed by atoms with Gasteiger partial charge in [-0.25, -0.2) is 0 Å². The van der Waals surface area contributed by atoms with Gasteiger partial charge in [0.25, 0.3) is 0 Å². The van der Waals surface area contributed by atoms with Gasteiger partial charge in [-0.2, -0.15) is 13.2 Å². The first-order chi connectivity index (χ1) is 8.29. The maximum atomic E-state index is 12.8. The number of halogens is 3. The van der Waals surface area contributed by atoms with Crippen molar-refractivity contribution in [1.29, 1.82) is 0 Å². The Kier molecular flexibility index (Phi) is 4.34. The minimum absolute atomic E-state index is 0.106. The molecule has 1 aromatic rings. The molecule has 2 atom stereocenters. The summed E-state index contributed by atoms with van der Waals surface area (Å²) in [6.07, 6.45) is -6.70. The molecule has 0 radical (unpaired) electrons. The summed E-state index contributed by atoms with van der Waals surface area (Å²) in [7, 11) is 0.945. The van der Waals surface area contributed by atoms with Gasteiger partial charge < -0.3 is 9.84 Å². The molecule has 0 aliphatic carbocycles. The average molecular weight is 262 g/mol. The zero-order valence-electron chi connectivity index (χ0n) is 9.86. The van der Waals surface area contributed by atoms with Gasteiger partial charge in [0.05, 0.1) is 5.92 Å². The molecule has 1 N–H and O–H groups in total. The fraction of sp³-hybridized carbons (Fsp3) is 0.417. The normalized spacial score (nSPS) is 15.2. The molecular weight excluding hydrogens is 249 g/mol. The third-order valence-corrected chi connectivity index (χ3v) is 2.65. The topological polar surface area (TPSA) is 46.5 Å². The van der Waals surface area contributed by atoms with E-state index in [1.54, 1.807) is 0 Å². The van der Waals surface area contributed by atoms with Crippen LogP contribution in [0.3, 0.4) is 0 Å². The van der Waals surface area contributed by atoms with Crippen LogP contribution in [0.15, 0.2) is 24.3 Å². The average Bonchev–Trinajstić information content (AvgIpc) is 2.27. The number of benzene rings is 1. The molecule has 0 saturated heterocycles. The van der Waals surface area contributed by atoms with E-state index in [9.17, 15) is 18.0 Å². The van der Waals surface area contributed by atoms with Crippen molar-refractivity contribution in [3.05, 3.63) is 35.4 Å². The first-order valence-electron chi connectivity index (χ1n) is 5.20. The molecule has 0 spiro atoms. The smallest absolute Gasteiger partial charge is 0.418 e. The molecule has 0 aromatic heterocycles. The van der Waals surface area contributed by atoms with Crippen LogP contribution in [-0.2, 0) is 9.53 Å². The molecule has 0 bridgehead atoms. The second-order valence-corrected chi connectivity index (χ2v) is 3.85. The van der Waals surface area contributed by atoms with E-state index in [0.717, 1.165) is 7.11 Å². The van der Waals surface area contributed by atoms with Crippen LogP contribution in [0.4, 0.5) is 13.2 Å². The SMILES string of the molecule is COC(c1ccccc1C(C)C(=O)O)C(F)(F)F. The summed E-state index contributed by atoms with van der Waals surface area (Å²) in [5.74, 6) is -2.21. The summed E-state index contributed by atoms with van der Waals surface area (Å²) in [5, 5.41) is 8.90. The number of methoxy groups -OCH3 is 1. The minimum Gasteiger partial charge on any atom is -0.481 e. The highest BCUT2D eigenvalue weighted by molar-refractivity contribution is 5.76. The molecule has 0 saturated carbocycles. The van der Waals surface area contributed by atoms with E-state index in [2.05, 4.69) is 4.74 Å². The van der Waals surface area contributed by atoms with Crippen LogP contribution in [0, 0.1) is 0 Å². The second-order valence-electron chi connectivity index (χ2n) is 3.85. The van der Waals surface area contributed by atoms with Crippen LogP contribution in [0.2, 0.25) is 0 Å². The van der Waals surface area contributed by atoms with Crippen LogP contribution in [0.1, 0.15) is 30.1 Å². The van der Waals surface area contributed by atoms with Crippen molar-refractivity contribution in [2.45, 2.75) is 25.1 Å². The van der Waals surface area contributed by atoms with Crippen molar-refractivity contribution in [3.63, 3.8) is 0 Å². The molecule has 6 heteroatoms. The molecule has 0 fully saturated rings. The Morgan fingerprint density at radius 3 is 2.17 bits per heavy atom. The van der Waals surface area contributed by atoms with Gasteiger partial charge in [0.15, 0.2) is 6.10 Å². The van der Waals surface area contributed by atoms with E-state index in [0.29, 0.717) is 0 Å². The highest BCUT2D eigenvalue weighted by Crippen LogP contribution is 2.38. The number of carboxylic acid groups (broad SMARTS) is 1. The molecule has 1 rings (SSSR count). The number of alkyl halides is 3. The summed E-state index contributed by atoms with van der Waals surface area (Å²) >= 11 is 0. The number of carboxylic acids is 1. The largest absolute Gasteiger partial charge is 0.481 e.